The zero-order valence-corrected chi connectivity index (χ0v) is 10.7. The average Bonchev–Trinajstić information content (AvgIpc) is 2.25. The molecule has 0 N–H and O–H groups in total. The lowest BCUT2D eigenvalue weighted by atomic mass is 10.0. The molecule has 0 radical (unpaired) electrons. The van der Waals surface area contributed by atoms with Gasteiger partial charge in [-0.05, 0) is 36.6 Å². The van der Waals surface area contributed by atoms with E-state index in [0.29, 0.717) is 24.3 Å². The van der Waals surface area contributed by atoms with Crippen molar-refractivity contribution in [3.8, 4) is 5.75 Å². The van der Waals surface area contributed by atoms with Gasteiger partial charge in [0.2, 0.25) is 0 Å². The molecular weight excluding hydrogens is 224 g/mol. The number of hydrogen-bond donors (Lipinski definition) is 0. The lowest BCUT2D eigenvalue weighted by molar-refractivity contribution is -0.118. The van der Waals surface area contributed by atoms with E-state index in [1.807, 2.05) is 26.0 Å². The molecule has 0 aliphatic rings. The minimum atomic E-state index is 0.264. The van der Waals surface area contributed by atoms with Crippen molar-refractivity contribution >= 4 is 17.4 Å². The van der Waals surface area contributed by atoms with Crippen molar-refractivity contribution in [3.05, 3.63) is 28.3 Å². The van der Waals surface area contributed by atoms with E-state index in [-0.39, 0.29) is 5.78 Å². The molecule has 3 heteroatoms. The molecular formula is C13H17ClO2. The smallest absolute Gasteiger partial charge is 0.132 e. The molecule has 0 bridgehead atoms. The van der Waals surface area contributed by atoms with Gasteiger partial charge in [0.1, 0.15) is 11.5 Å². The fraction of sp³-hybridized carbons (Fsp3) is 0.462. The SMILES string of the molecule is CCC(=O)CCc1cc(Cl)cc(C)c1OC. The first kappa shape index (κ1) is 13.0. The fourth-order valence-electron chi connectivity index (χ4n) is 1.73. The molecule has 0 aromatic heterocycles. The number of hydrogen-bond acceptors (Lipinski definition) is 2. The Labute approximate surface area is 102 Å². The molecule has 0 atom stereocenters. The van der Waals surface area contributed by atoms with Crippen LogP contribution in [0.4, 0.5) is 0 Å². The molecule has 1 rings (SSSR count). The summed E-state index contributed by atoms with van der Waals surface area (Å²) >= 11 is 5.99. The van der Waals surface area contributed by atoms with E-state index < -0.39 is 0 Å². The van der Waals surface area contributed by atoms with Gasteiger partial charge in [0, 0.05) is 17.9 Å². The highest BCUT2D eigenvalue weighted by Gasteiger charge is 2.09. The van der Waals surface area contributed by atoms with Crippen molar-refractivity contribution in [1.82, 2.24) is 0 Å². The molecule has 0 aliphatic carbocycles. The van der Waals surface area contributed by atoms with Crippen LogP contribution >= 0.6 is 11.6 Å². The number of ketones is 1. The summed E-state index contributed by atoms with van der Waals surface area (Å²) in [5.74, 6) is 1.10. The van der Waals surface area contributed by atoms with Crippen LogP contribution in [-0.4, -0.2) is 12.9 Å². The molecule has 0 amide bonds. The number of Topliss-reactive ketones (excluding diaryl/α,β-unsaturated/α-hetero) is 1. The summed E-state index contributed by atoms with van der Waals surface area (Å²) < 4.78 is 5.33. The lowest BCUT2D eigenvalue weighted by Crippen LogP contribution is -2.01. The van der Waals surface area contributed by atoms with Crippen LogP contribution in [0.5, 0.6) is 5.75 Å². The van der Waals surface area contributed by atoms with E-state index in [0.717, 1.165) is 16.9 Å². The lowest BCUT2D eigenvalue weighted by Gasteiger charge is -2.11. The Morgan fingerprint density at radius 1 is 1.44 bits per heavy atom. The standard InChI is InChI=1S/C13H17ClO2/c1-4-12(15)6-5-10-8-11(14)7-9(2)13(10)16-3/h7-8H,4-6H2,1-3H3. The number of ether oxygens (including phenoxy) is 1. The number of carbonyl (C=O) groups excluding carboxylic acids is 1. The van der Waals surface area contributed by atoms with Crippen molar-refractivity contribution < 1.29 is 9.53 Å². The molecule has 0 saturated carbocycles. The Morgan fingerprint density at radius 2 is 2.12 bits per heavy atom. The highest BCUT2D eigenvalue weighted by Crippen LogP contribution is 2.28. The second-order valence-electron chi connectivity index (χ2n) is 3.81. The Morgan fingerprint density at radius 3 is 2.69 bits per heavy atom. The number of carbonyl (C=O) groups is 1. The van der Waals surface area contributed by atoms with Crippen LogP contribution in [0.3, 0.4) is 0 Å². The molecule has 88 valence electrons. The number of benzene rings is 1. The Hall–Kier alpha value is -1.02. The normalized spacial score (nSPS) is 10.2. The van der Waals surface area contributed by atoms with E-state index in [9.17, 15) is 4.79 Å². The maximum Gasteiger partial charge on any atom is 0.132 e. The van der Waals surface area contributed by atoms with Crippen molar-refractivity contribution in [2.24, 2.45) is 0 Å². The fourth-order valence-corrected chi connectivity index (χ4v) is 2.02. The van der Waals surface area contributed by atoms with Crippen molar-refractivity contribution in [2.75, 3.05) is 7.11 Å². The van der Waals surface area contributed by atoms with Crippen LogP contribution in [0.2, 0.25) is 5.02 Å². The van der Waals surface area contributed by atoms with Crippen LogP contribution in [0.25, 0.3) is 0 Å². The van der Waals surface area contributed by atoms with Crippen molar-refractivity contribution in [2.45, 2.75) is 33.1 Å². The molecule has 0 spiro atoms. The summed E-state index contributed by atoms with van der Waals surface area (Å²) in [6.07, 6.45) is 1.83. The van der Waals surface area contributed by atoms with Crippen LogP contribution < -0.4 is 4.74 Å². The Balaban J connectivity index is 2.89. The number of aryl methyl sites for hydroxylation is 2. The van der Waals surface area contributed by atoms with Crippen LogP contribution in [0.15, 0.2) is 12.1 Å². The Kier molecular flexibility index (Phi) is 4.81. The summed E-state index contributed by atoms with van der Waals surface area (Å²) in [5.41, 5.74) is 2.02. The first-order valence-electron chi connectivity index (χ1n) is 5.43. The van der Waals surface area contributed by atoms with Gasteiger partial charge < -0.3 is 4.74 Å². The molecule has 0 heterocycles. The van der Waals surface area contributed by atoms with Gasteiger partial charge >= 0.3 is 0 Å². The number of halogens is 1. The topological polar surface area (TPSA) is 26.3 Å². The van der Waals surface area contributed by atoms with Crippen LogP contribution in [0, 0.1) is 6.92 Å². The quantitative estimate of drug-likeness (QED) is 0.787. The molecule has 0 fully saturated rings. The summed E-state index contributed by atoms with van der Waals surface area (Å²) in [4.78, 5) is 11.3. The van der Waals surface area contributed by atoms with E-state index in [4.69, 9.17) is 16.3 Å². The largest absolute Gasteiger partial charge is 0.496 e. The number of methoxy groups -OCH3 is 1. The summed E-state index contributed by atoms with van der Waals surface area (Å²) in [7, 11) is 1.64. The molecule has 16 heavy (non-hydrogen) atoms. The predicted molar refractivity (Wildman–Crippen MR) is 66.4 cm³/mol. The average molecular weight is 241 g/mol. The van der Waals surface area contributed by atoms with E-state index in [1.165, 1.54) is 0 Å². The predicted octanol–water partition coefficient (Wildman–Crippen LogP) is 3.57. The maximum absolute atomic E-state index is 11.3. The number of rotatable bonds is 5. The van der Waals surface area contributed by atoms with Crippen molar-refractivity contribution in [3.63, 3.8) is 0 Å². The zero-order valence-electron chi connectivity index (χ0n) is 9.97. The first-order chi connectivity index (χ1) is 7.58. The van der Waals surface area contributed by atoms with E-state index in [2.05, 4.69) is 0 Å². The molecule has 2 nitrogen and oxygen atoms in total. The van der Waals surface area contributed by atoms with Gasteiger partial charge in [0.25, 0.3) is 0 Å². The third-order valence-corrected chi connectivity index (χ3v) is 2.81. The van der Waals surface area contributed by atoms with Gasteiger partial charge in [-0.2, -0.15) is 0 Å². The Bertz CT molecular complexity index is 386. The highest BCUT2D eigenvalue weighted by molar-refractivity contribution is 6.30. The van der Waals surface area contributed by atoms with Crippen molar-refractivity contribution in [1.29, 1.82) is 0 Å². The first-order valence-corrected chi connectivity index (χ1v) is 5.81. The second kappa shape index (κ2) is 5.90. The monoisotopic (exact) mass is 240 g/mol. The summed E-state index contributed by atoms with van der Waals surface area (Å²) in [6.45, 7) is 3.83. The zero-order chi connectivity index (χ0) is 12.1. The maximum atomic E-state index is 11.3. The molecule has 0 saturated heterocycles. The van der Waals surface area contributed by atoms with Gasteiger partial charge in [-0.25, -0.2) is 0 Å². The summed E-state index contributed by atoms with van der Waals surface area (Å²) in [6, 6.07) is 3.74. The van der Waals surface area contributed by atoms with Gasteiger partial charge in [-0.15, -0.1) is 0 Å². The third kappa shape index (κ3) is 3.24. The van der Waals surface area contributed by atoms with E-state index in [1.54, 1.807) is 7.11 Å². The minimum absolute atomic E-state index is 0.264. The highest BCUT2D eigenvalue weighted by atomic mass is 35.5. The molecule has 1 aromatic rings. The molecule has 0 unspecified atom stereocenters. The minimum Gasteiger partial charge on any atom is -0.496 e. The van der Waals surface area contributed by atoms with Gasteiger partial charge in [0.05, 0.1) is 7.11 Å². The second-order valence-corrected chi connectivity index (χ2v) is 4.24. The third-order valence-electron chi connectivity index (χ3n) is 2.59. The molecule has 1 aromatic carbocycles. The van der Waals surface area contributed by atoms with Gasteiger partial charge in [-0.3, -0.25) is 4.79 Å². The van der Waals surface area contributed by atoms with Crippen LogP contribution in [0.1, 0.15) is 30.9 Å². The molecule has 0 aliphatic heterocycles. The summed E-state index contributed by atoms with van der Waals surface area (Å²) in [5, 5.41) is 0.692. The van der Waals surface area contributed by atoms with Gasteiger partial charge in [-0.1, -0.05) is 18.5 Å². The van der Waals surface area contributed by atoms with Gasteiger partial charge in [0.15, 0.2) is 0 Å². The van der Waals surface area contributed by atoms with E-state index >= 15 is 0 Å². The van der Waals surface area contributed by atoms with Crippen LogP contribution in [-0.2, 0) is 11.2 Å².